The number of carboxylic acid groups (broad SMARTS) is 1. The van der Waals surface area contributed by atoms with Crippen LogP contribution in [0.3, 0.4) is 0 Å². The highest BCUT2D eigenvalue weighted by Gasteiger charge is 2.28. The van der Waals surface area contributed by atoms with Crippen LogP contribution in [0.15, 0.2) is 10.6 Å². The van der Waals surface area contributed by atoms with E-state index in [4.69, 9.17) is 9.63 Å². The minimum absolute atomic E-state index is 0.135. The first-order valence-electron chi connectivity index (χ1n) is 6.00. The fourth-order valence-electron chi connectivity index (χ4n) is 2.21. The molecule has 18 heavy (non-hydrogen) atoms. The Hall–Kier alpha value is -1.85. The molecule has 6 nitrogen and oxygen atoms in total. The molecule has 1 fully saturated rings. The molecule has 0 saturated carbocycles. The Balaban J connectivity index is 1.88. The van der Waals surface area contributed by atoms with E-state index in [0.29, 0.717) is 31.0 Å². The molecule has 0 bridgehead atoms. The van der Waals surface area contributed by atoms with Crippen molar-refractivity contribution in [2.24, 2.45) is 5.92 Å². The summed E-state index contributed by atoms with van der Waals surface area (Å²) in [6.45, 7) is 3.01. The van der Waals surface area contributed by atoms with E-state index in [1.54, 1.807) is 17.9 Å². The number of carbonyl (C=O) groups is 2. The van der Waals surface area contributed by atoms with Crippen LogP contribution in [0.2, 0.25) is 0 Å². The van der Waals surface area contributed by atoms with E-state index < -0.39 is 5.97 Å². The van der Waals surface area contributed by atoms with Gasteiger partial charge in [-0.3, -0.25) is 9.59 Å². The second-order valence-electron chi connectivity index (χ2n) is 4.66. The highest BCUT2D eigenvalue weighted by Crippen LogP contribution is 2.22. The van der Waals surface area contributed by atoms with Crippen molar-refractivity contribution in [1.29, 1.82) is 0 Å². The zero-order valence-corrected chi connectivity index (χ0v) is 10.3. The highest BCUT2D eigenvalue weighted by atomic mass is 16.5. The fourth-order valence-corrected chi connectivity index (χ4v) is 2.21. The van der Waals surface area contributed by atoms with Gasteiger partial charge in [0.2, 0.25) is 0 Å². The number of aromatic nitrogens is 1. The molecule has 1 aromatic rings. The third-order valence-electron chi connectivity index (χ3n) is 3.19. The first-order chi connectivity index (χ1) is 8.56. The van der Waals surface area contributed by atoms with E-state index in [2.05, 4.69) is 5.16 Å². The number of amides is 1. The number of hydrogen-bond acceptors (Lipinski definition) is 4. The second kappa shape index (κ2) is 5.20. The van der Waals surface area contributed by atoms with Gasteiger partial charge in [0.15, 0.2) is 5.69 Å². The number of likely N-dealkylation sites (tertiary alicyclic amines) is 1. The third kappa shape index (κ3) is 2.88. The van der Waals surface area contributed by atoms with Gasteiger partial charge in [-0.2, -0.15) is 0 Å². The maximum Gasteiger partial charge on any atom is 0.303 e. The summed E-state index contributed by atoms with van der Waals surface area (Å²) < 4.78 is 4.88. The SMILES string of the molecule is Cc1cc(C(=O)N2CCC(CCC(=O)O)C2)no1. The lowest BCUT2D eigenvalue weighted by atomic mass is 10.0. The van der Waals surface area contributed by atoms with Gasteiger partial charge in [0.1, 0.15) is 5.76 Å². The van der Waals surface area contributed by atoms with Crippen LogP contribution >= 0.6 is 0 Å². The lowest BCUT2D eigenvalue weighted by Crippen LogP contribution is -2.29. The molecule has 1 aromatic heterocycles. The van der Waals surface area contributed by atoms with Crippen LogP contribution < -0.4 is 0 Å². The summed E-state index contributed by atoms with van der Waals surface area (Å²) in [5.74, 6) is -0.0328. The molecule has 1 amide bonds. The number of carboxylic acids is 1. The third-order valence-corrected chi connectivity index (χ3v) is 3.19. The van der Waals surface area contributed by atoms with Gasteiger partial charge >= 0.3 is 5.97 Å². The zero-order chi connectivity index (χ0) is 13.1. The van der Waals surface area contributed by atoms with E-state index in [9.17, 15) is 9.59 Å². The van der Waals surface area contributed by atoms with Gasteiger partial charge in [0, 0.05) is 25.6 Å². The molecule has 0 radical (unpaired) electrons. The topological polar surface area (TPSA) is 83.6 Å². The number of aliphatic carboxylic acids is 1. The molecule has 1 unspecified atom stereocenters. The lowest BCUT2D eigenvalue weighted by Gasteiger charge is -2.14. The normalized spacial score (nSPS) is 19.2. The van der Waals surface area contributed by atoms with Crippen LogP contribution in [0.1, 0.15) is 35.5 Å². The van der Waals surface area contributed by atoms with Crippen molar-refractivity contribution in [3.8, 4) is 0 Å². The summed E-state index contributed by atoms with van der Waals surface area (Å²) in [5, 5.41) is 12.3. The molecule has 0 spiro atoms. The van der Waals surface area contributed by atoms with Crippen LogP contribution in [-0.4, -0.2) is 40.1 Å². The molecule has 2 rings (SSSR count). The summed E-state index contributed by atoms with van der Waals surface area (Å²) in [6.07, 6.45) is 1.64. The largest absolute Gasteiger partial charge is 0.481 e. The van der Waals surface area contributed by atoms with Crippen molar-refractivity contribution in [3.63, 3.8) is 0 Å². The summed E-state index contributed by atoms with van der Waals surface area (Å²) >= 11 is 0. The number of hydrogen-bond donors (Lipinski definition) is 1. The molecule has 6 heteroatoms. The Morgan fingerprint density at radius 1 is 1.61 bits per heavy atom. The summed E-state index contributed by atoms with van der Waals surface area (Å²) in [5.41, 5.74) is 0.325. The van der Waals surface area contributed by atoms with Gasteiger partial charge in [0.25, 0.3) is 5.91 Å². The molecule has 1 saturated heterocycles. The first kappa shape index (κ1) is 12.6. The van der Waals surface area contributed by atoms with E-state index in [0.717, 1.165) is 6.42 Å². The van der Waals surface area contributed by atoms with Crippen molar-refractivity contribution in [2.75, 3.05) is 13.1 Å². The van der Waals surface area contributed by atoms with Gasteiger partial charge in [0.05, 0.1) is 0 Å². The smallest absolute Gasteiger partial charge is 0.303 e. The Morgan fingerprint density at radius 3 is 3.00 bits per heavy atom. The van der Waals surface area contributed by atoms with Crippen LogP contribution in [0.4, 0.5) is 0 Å². The van der Waals surface area contributed by atoms with Gasteiger partial charge in [-0.25, -0.2) is 0 Å². The van der Waals surface area contributed by atoms with Crippen molar-refractivity contribution < 1.29 is 19.2 Å². The summed E-state index contributed by atoms with van der Waals surface area (Å²) in [6, 6.07) is 1.62. The molecule has 1 aliphatic rings. The minimum Gasteiger partial charge on any atom is -0.481 e. The molecular weight excluding hydrogens is 236 g/mol. The number of nitrogens with zero attached hydrogens (tertiary/aromatic N) is 2. The van der Waals surface area contributed by atoms with Crippen LogP contribution in [-0.2, 0) is 4.79 Å². The van der Waals surface area contributed by atoms with Gasteiger partial charge in [-0.1, -0.05) is 5.16 Å². The van der Waals surface area contributed by atoms with Crippen molar-refractivity contribution in [1.82, 2.24) is 10.1 Å². The van der Waals surface area contributed by atoms with Crippen molar-refractivity contribution in [3.05, 3.63) is 17.5 Å². The predicted octanol–water partition coefficient (Wildman–Crippen LogP) is 1.31. The summed E-state index contributed by atoms with van der Waals surface area (Å²) in [4.78, 5) is 24.2. The highest BCUT2D eigenvalue weighted by molar-refractivity contribution is 5.92. The molecule has 1 atom stereocenters. The Kier molecular flexibility index (Phi) is 3.64. The lowest BCUT2D eigenvalue weighted by molar-refractivity contribution is -0.137. The number of rotatable bonds is 4. The molecule has 1 N–H and O–H groups in total. The molecule has 0 aliphatic carbocycles. The predicted molar refractivity (Wildman–Crippen MR) is 62.1 cm³/mol. The zero-order valence-electron chi connectivity index (χ0n) is 10.3. The second-order valence-corrected chi connectivity index (χ2v) is 4.66. The molecular formula is C12H16N2O4. The molecule has 0 aromatic carbocycles. The summed E-state index contributed by atoms with van der Waals surface area (Å²) in [7, 11) is 0. The van der Waals surface area contributed by atoms with E-state index in [1.165, 1.54) is 0 Å². The van der Waals surface area contributed by atoms with Gasteiger partial charge in [-0.15, -0.1) is 0 Å². The van der Waals surface area contributed by atoms with E-state index >= 15 is 0 Å². The van der Waals surface area contributed by atoms with Crippen LogP contribution in [0, 0.1) is 12.8 Å². The van der Waals surface area contributed by atoms with Crippen molar-refractivity contribution in [2.45, 2.75) is 26.2 Å². The van der Waals surface area contributed by atoms with Gasteiger partial charge in [-0.05, 0) is 25.7 Å². The first-order valence-corrected chi connectivity index (χ1v) is 6.00. The molecule has 98 valence electrons. The van der Waals surface area contributed by atoms with Crippen molar-refractivity contribution >= 4 is 11.9 Å². The number of aryl methyl sites for hydroxylation is 1. The Bertz CT molecular complexity index is 455. The Morgan fingerprint density at radius 2 is 2.39 bits per heavy atom. The van der Waals surface area contributed by atoms with Crippen LogP contribution in [0.5, 0.6) is 0 Å². The average Bonchev–Trinajstić information content (AvgIpc) is 2.94. The van der Waals surface area contributed by atoms with Gasteiger partial charge < -0.3 is 14.5 Å². The standard InChI is InChI=1S/C12H16N2O4/c1-8-6-10(13-18-8)12(17)14-5-4-9(7-14)2-3-11(15)16/h6,9H,2-5,7H2,1H3,(H,15,16). The van der Waals surface area contributed by atoms with E-state index in [1.807, 2.05) is 0 Å². The fraction of sp³-hybridized carbons (Fsp3) is 0.583. The maximum absolute atomic E-state index is 12.0. The molecule has 1 aliphatic heterocycles. The number of carbonyl (C=O) groups excluding carboxylic acids is 1. The molecule has 2 heterocycles. The minimum atomic E-state index is -0.785. The quantitative estimate of drug-likeness (QED) is 0.873. The average molecular weight is 252 g/mol. The van der Waals surface area contributed by atoms with E-state index in [-0.39, 0.29) is 18.2 Å². The monoisotopic (exact) mass is 252 g/mol. The Labute approximate surface area is 105 Å². The maximum atomic E-state index is 12.0. The van der Waals surface area contributed by atoms with Crippen LogP contribution in [0.25, 0.3) is 0 Å².